The second-order valence-corrected chi connectivity index (χ2v) is 7.45. The third-order valence-corrected chi connectivity index (χ3v) is 5.53. The van der Waals surface area contributed by atoms with Crippen LogP contribution in [0.5, 0.6) is 0 Å². The van der Waals surface area contributed by atoms with Crippen molar-refractivity contribution in [3.63, 3.8) is 0 Å². The molecule has 0 aromatic heterocycles. The van der Waals surface area contributed by atoms with Crippen LogP contribution in [-0.4, -0.2) is 46.6 Å². The smallest absolute Gasteiger partial charge is 0.220 e. The Bertz CT molecular complexity index is 332. The van der Waals surface area contributed by atoms with Crippen LogP contribution in [0.2, 0.25) is 0 Å². The van der Waals surface area contributed by atoms with Crippen LogP contribution < -0.4 is 0 Å². The van der Waals surface area contributed by atoms with E-state index in [1.165, 1.54) is 23.5 Å². The molecule has 7 heteroatoms. The number of carbonyl (C=O) groups is 1. The lowest BCUT2D eigenvalue weighted by atomic mass is 10.0. The van der Waals surface area contributed by atoms with Crippen molar-refractivity contribution in [3.8, 4) is 0 Å². The van der Waals surface area contributed by atoms with Gasteiger partial charge < -0.3 is 14.2 Å². The lowest BCUT2D eigenvalue weighted by molar-refractivity contribution is -0.138. The van der Waals surface area contributed by atoms with Crippen molar-refractivity contribution in [2.75, 3.05) is 25.6 Å². The van der Waals surface area contributed by atoms with E-state index in [0.717, 1.165) is 12.2 Å². The Balaban J connectivity index is 2.70. The van der Waals surface area contributed by atoms with Crippen molar-refractivity contribution in [2.24, 2.45) is 5.92 Å². The average molecular weight is 353 g/mol. The van der Waals surface area contributed by atoms with Crippen LogP contribution >= 0.6 is 35.7 Å². The Morgan fingerprint density at radius 3 is 2.48 bits per heavy atom. The lowest BCUT2D eigenvalue weighted by Crippen LogP contribution is -2.33. The van der Waals surface area contributed by atoms with E-state index in [0.29, 0.717) is 30.6 Å². The van der Waals surface area contributed by atoms with Crippen LogP contribution in [0.25, 0.3) is 0 Å². The molecule has 4 nitrogen and oxygen atoms in total. The molecule has 0 spiro atoms. The minimum atomic E-state index is -0.359. The molecular weight excluding hydrogens is 328 g/mol. The molecule has 0 N–H and O–H groups in total. The van der Waals surface area contributed by atoms with Gasteiger partial charge in [0, 0.05) is 24.9 Å². The molecule has 2 atom stereocenters. The number of carbonyl (C=O) groups excluding carboxylic acids is 1. The average Bonchev–Trinajstić information content (AvgIpc) is 2.83. The van der Waals surface area contributed by atoms with Crippen LogP contribution in [0.4, 0.5) is 0 Å². The summed E-state index contributed by atoms with van der Waals surface area (Å²) in [6.45, 7) is 7.45. The zero-order chi connectivity index (χ0) is 15.7. The zero-order valence-electron chi connectivity index (χ0n) is 12.8. The molecule has 0 saturated carbocycles. The van der Waals surface area contributed by atoms with Crippen molar-refractivity contribution in [2.45, 2.75) is 45.2 Å². The van der Waals surface area contributed by atoms with Crippen LogP contribution in [0.1, 0.15) is 33.6 Å². The standard InChI is InChI=1S/C14H24O4S3/c1-4-16-13(17-5-2)11(21-14(19)18-6-3)9-10-7-8-20-12(10)15/h10-11,13H,4-9H2,1-3H3. The third kappa shape index (κ3) is 6.86. The van der Waals surface area contributed by atoms with Gasteiger partial charge in [-0.25, -0.2) is 0 Å². The molecule has 21 heavy (non-hydrogen) atoms. The van der Waals surface area contributed by atoms with Crippen molar-refractivity contribution < 1.29 is 19.0 Å². The SMILES string of the molecule is CCOC(=S)SC(CC1CCSC1=O)C(OCC)OCC. The van der Waals surface area contributed by atoms with Crippen molar-refractivity contribution in [1.29, 1.82) is 0 Å². The number of hydrogen-bond donors (Lipinski definition) is 0. The van der Waals surface area contributed by atoms with Crippen LogP contribution in [0.3, 0.4) is 0 Å². The van der Waals surface area contributed by atoms with Crippen LogP contribution in [-0.2, 0) is 19.0 Å². The molecule has 1 saturated heterocycles. The normalized spacial score (nSPS) is 20.0. The maximum absolute atomic E-state index is 11.9. The van der Waals surface area contributed by atoms with E-state index in [4.69, 9.17) is 26.4 Å². The molecule has 0 bridgehead atoms. The molecule has 122 valence electrons. The first kappa shape index (κ1) is 19.2. The molecule has 2 unspecified atom stereocenters. The van der Waals surface area contributed by atoms with Gasteiger partial charge in [-0.05, 0) is 45.8 Å². The fourth-order valence-electron chi connectivity index (χ4n) is 2.11. The number of thiocarbonyl (C=S) groups is 1. The summed E-state index contributed by atoms with van der Waals surface area (Å²) in [5.41, 5.74) is 0. The van der Waals surface area contributed by atoms with E-state index in [-0.39, 0.29) is 22.6 Å². The molecule has 0 amide bonds. The van der Waals surface area contributed by atoms with Gasteiger partial charge in [0.05, 0.1) is 11.9 Å². The van der Waals surface area contributed by atoms with Gasteiger partial charge in [-0.1, -0.05) is 23.5 Å². The zero-order valence-corrected chi connectivity index (χ0v) is 15.3. The van der Waals surface area contributed by atoms with E-state index in [2.05, 4.69) is 0 Å². The van der Waals surface area contributed by atoms with Gasteiger partial charge in [0.25, 0.3) is 0 Å². The first-order valence-corrected chi connectivity index (χ1v) is 9.62. The van der Waals surface area contributed by atoms with E-state index in [9.17, 15) is 4.79 Å². The van der Waals surface area contributed by atoms with Crippen molar-refractivity contribution in [1.82, 2.24) is 0 Å². The molecule has 1 heterocycles. The predicted molar refractivity (Wildman–Crippen MR) is 92.8 cm³/mol. The van der Waals surface area contributed by atoms with Gasteiger partial charge in [0.1, 0.15) is 0 Å². The Kier molecular flexibility index (Phi) is 9.92. The summed E-state index contributed by atoms with van der Waals surface area (Å²) < 4.78 is 17.2. The van der Waals surface area contributed by atoms with Gasteiger partial charge >= 0.3 is 0 Å². The maximum atomic E-state index is 11.9. The summed E-state index contributed by atoms with van der Waals surface area (Å²) in [6.07, 6.45) is 1.28. The molecular formula is C14H24O4S3. The van der Waals surface area contributed by atoms with Crippen molar-refractivity contribution >= 4 is 45.2 Å². The van der Waals surface area contributed by atoms with Gasteiger partial charge in [-0.3, -0.25) is 4.79 Å². The van der Waals surface area contributed by atoms with Gasteiger partial charge in [0.2, 0.25) is 4.38 Å². The highest BCUT2D eigenvalue weighted by atomic mass is 32.2. The molecule has 0 aromatic rings. The number of thioether (sulfide) groups is 2. The van der Waals surface area contributed by atoms with E-state index in [1.54, 1.807) is 0 Å². The number of rotatable bonds is 9. The second-order valence-electron chi connectivity index (χ2n) is 4.51. The van der Waals surface area contributed by atoms with Crippen molar-refractivity contribution in [3.05, 3.63) is 0 Å². The molecule has 0 radical (unpaired) electrons. The molecule has 1 rings (SSSR count). The van der Waals surface area contributed by atoms with Gasteiger partial charge in [-0.15, -0.1) is 0 Å². The highest BCUT2D eigenvalue weighted by Gasteiger charge is 2.33. The van der Waals surface area contributed by atoms with Gasteiger partial charge in [0.15, 0.2) is 11.4 Å². The summed E-state index contributed by atoms with van der Waals surface area (Å²) in [7, 11) is 0. The lowest BCUT2D eigenvalue weighted by Gasteiger charge is -2.27. The first-order chi connectivity index (χ1) is 10.1. The van der Waals surface area contributed by atoms with E-state index < -0.39 is 0 Å². The minimum Gasteiger partial charge on any atom is -0.479 e. The maximum Gasteiger partial charge on any atom is 0.220 e. The first-order valence-electron chi connectivity index (χ1n) is 7.35. The highest BCUT2D eigenvalue weighted by molar-refractivity contribution is 8.23. The quantitative estimate of drug-likeness (QED) is 0.465. The summed E-state index contributed by atoms with van der Waals surface area (Å²) in [6, 6.07) is 0. The minimum absolute atomic E-state index is 0.0170. The fraction of sp³-hybridized carbons (Fsp3) is 0.857. The molecule has 1 aliphatic heterocycles. The topological polar surface area (TPSA) is 44.8 Å². The Morgan fingerprint density at radius 1 is 1.33 bits per heavy atom. The monoisotopic (exact) mass is 352 g/mol. The summed E-state index contributed by atoms with van der Waals surface area (Å²) in [5.74, 6) is 0.977. The summed E-state index contributed by atoms with van der Waals surface area (Å²) in [4.78, 5) is 11.9. The Morgan fingerprint density at radius 2 is 2.00 bits per heavy atom. The molecule has 0 aliphatic carbocycles. The van der Waals surface area contributed by atoms with E-state index >= 15 is 0 Å². The third-order valence-electron chi connectivity index (χ3n) is 3.04. The second kappa shape index (κ2) is 10.8. The van der Waals surface area contributed by atoms with E-state index in [1.807, 2.05) is 20.8 Å². The Labute approximate surface area is 141 Å². The highest BCUT2D eigenvalue weighted by Crippen LogP contribution is 2.34. The number of hydrogen-bond acceptors (Lipinski definition) is 7. The summed E-state index contributed by atoms with van der Waals surface area (Å²) in [5, 5.41) is 0.256. The Hall–Kier alpha value is 0.180. The molecule has 0 aromatic carbocycles. The number of ether oxygens (including phenoxy) is 3. The van der Waals surface area contributed by atoms with Crippen LogP contribution in [0.15, 0.2) is 0 Å². The molecule has 1 aliphatic rings. The largest absolute Gasteiger partial charge is 0.479 e. The fourth-order valence-corrected chi connectivity index (χ4v) is 4.69. The van der Waals surface area contributed by atoms with Crippen LogP contribution in [0, 0.1) is 5.92 Å². The molecule has 1 fully saturated rings. The predicted octanol–water partition coefficient (Wildman–Crippen LogP) is 3.48. The van der Waals surface area contributed by atoms with Gasteiger partial charge in [-0.2, -0.15) is 0 Å². The summed E-state index contributed by atoms with van der Waals surface area (Å²) >= 11 is 8.09.